The molecule has 2 unspecified atom stereocenters. The van der Waals surface area contributed by atoms with Crippen LogP contribution < -0.4 is 0 Å². The van der Waals surface area contributed by atoms with Gasteiger partial charge in [0.05, 0.1) is 11.8 Å². The van der Waals surface area contributed by atoms with E-state index in [-0.39, 0.29) is 17.7 Å². The highest BCUT2D eigenvalue weighted by Gasteiger charge is 2.39. The maximum atomic E-state index is 12.4. The first-order valence-corrected chi connectivity index (χ1v) is 7.52. The van der Waals surface area contributed by atoms with Crippen molar-refractivity contribution in [3.8, 4) is 0 Å². The van der Waals surface area contributed by atoms with E-state index in [9.17, 15) is 14.4 Å². The van der Waals surface area contributed by atoms with Crippen molar-refractivity contribution in [2.75, 3.05) is 24.7 Å². The SMILES string of the molecule is CC(=O)N1CCCC(C(=O)N2CSCC2C(=O)O)C1. The standard InChI is InChI=1S/C12H18N2O4S/c1-8(15)13-4-2-3-9(5-13)11(16)14-7-19-6-10(14)12(17)18/h9-10H,2-7H2,1H3,(H,17,18). The van der Waals surface area contributed by atoms with Crippen molar-refractivity contribution in [2.24, 2.45) is 5.92 Å². The first-order chi connectivity index (χ1) is 9.00. The fraction of sp³-hybridized carbons (Fsp3) is 0.750. The fourth-order valence-electron chi connectivity index (χ4n) is 2.56. The highest BCUT2D eigenvalue weighted by molar-refractivity contribution is 7.99. The van der Waals surface area contributed by atoms with Crippen LogP contribution in [0.2, 0.25) is 0 Å². The topological polar surface area (TPSA) is 77.9 Å². The average molecular weight is 286 g/mol. The molecule has 0 aromatic carbocycles. The minimum Gasteiger partial charge on any atom is -0.480 e. The molecule has 0 radical (unpaired) electrons. The van der Waals surface area contributed by atoms with Crippen LogP contribution in [0.15, 0.2) is 0 Å². The molecule has 6 nitrogen and oxygen atoms in total. The molecule has 2 saturated heterocycles. The normalized spacial score (nSPS) is 27.4. The summed E-state index contributed by atoms with van der Waals surface area (Å²) in [4.78, 5) is 38.0. The number of carbonyl (C=O) groups excluding carboxylic acids is 2. The van der Waals surface area contributed by atoms with Crippen LogP contribution in [0.4, 0.5) is 0 Å². The number of nitrogens with zero attached hydrogens (tertiary/aromatic N) is 2. The predicted octanol–water partition coefficient (Wildman–Crippen LogP) is 0.231. The van der Waals surface area contributed by atoms with Crippen molar-refractivity contribution in [3.63, 3.8) is 0 Å². The van der Waals surface area contributed by atoms with Gasteiger partial charge < -0.3 is 14.9 Å². The molecule has 0 aromatic rings. The van der Waals surface area contributed by atoms with Gasteiger partial charge in [-0.1, -0.05) is 0 Å². The zero-order valence-electron chi connectivity index (χ0n) is 10.9. The van der Waals surface area contributed by atoms with Crippen molar-refractivity contribution in [2.45, 2.75) is 25.8 Å². The summed E-state index contributed by atoms with van der Waals surface area (Å²) >= 11 is 1.46. The first kappa shape index (κ1) is 14.2. The summed E-state index contributed by atoms with van der Waals surface area (Å²) in [5.41, 5.74) is 0. The summed E-state index contributed by atoms with van der Waals surface area (Å²) in [6.07, 6.45) is 1.53. The van der Waals surface area contributed by atoms with Gasteiger partial charge in [0.2, 0.25) is 11.8 Å². The molecular formula is C12H18N2O4S. The van der Waals surface area contributed by atoms with Gasteiger partial charge in [-0.05, 0) is 12.8 Å². The van der Waals surface area contributed by atoms with E-state index in [0.717, 1.165) is 12.8 Å². The maximum absolute atomic E-state index is 12.4. The molecule has 2 heterocycles. The number of hydrogen-bond donors (Lipinski definition) is 1. The van der Waals surface area contributed by atoms with Gasteiger partial charge in [0.15, 0.2) is 0 Å². The number of piperidine rings is 1. The Labute approximate surface area is 116 Å². The lowest BCUT2D eigenvalue weighted by Gasteiger charge is -2.34. The highest BCUT2D eigenvalue weighted by atomic mass is 32.2. The second-order valence-corrected chi connectivity index (χ2v) is 5.97. The molecule has 2 atom stereocenters. The molecule has 0 saturated carbocycles. The minimum absolute atomic E-state index is 0.0249. The molecule has 2 fully saturated rings. The number of rotatable bonds is 2. The molecular weight excluding hydrogens is 268 g/mol. The zero-order chi connectivity index (χ0) is 14.0. The van der Waals surface area contributed by atoms with E-state index in [0.29, 0.717) is 24.7 Å². The molecule has 0 aromatic heterocycles. The van der Waals surface area contributed by atoms with Gasteiger partial charge in [-0.25, -0.2) is 4.79 Å². The number of carboxylic acids is 1. The van der Waals surface area contributed by atoms with Gasteiger partial charge in [-0.2, -0.15) is 0 Å². The summed E-state index contributed by atoms with van der Waals surface area (Å²) in [6, 6.07) is -0.717. The molecule has 19 heavy (non-hydrogen) atoms. The highest BCUT2D eigenvalue weighted by Crippen LogP contribution is 2.26. The molecule has 106 valence electrons. The van der Waals surface area contributed by atoms with Crippen LogP contribution in [0.5, 0.6) is 0 Å². The van der Waals surface area contributed by atoms with Gasteiger partial charge in [0, 0.05) is 25.8 Å². The lowest BCUT2D eigenvalue weighted by molar-refractivity contribution is -0.151. The summed E-state index contributed by atoms with van der Waals surface area (Å²) in [5.74, 6) is -0.460. The Morgan fingerprint density at radius 2 is 2.05 bits per heavy atom. The Morgan fingerprint density at radius 1 is 1.32 bits per heavy atom. The van der Waals surface area contributed by atoms with E-state index >= 15 is 0 Å². The van der Waals surface area contributed by atoms with Crippen LogP contribution in [-0.4, -0.2) is 63.5 Å². The Bertz CT molecular complexity index is 401. The van der Waals surface area contributed by atoms with Crippen LogP contribution in [0, 0.1) is 5.92 Å². The number of hydrogen-bond acceptors (Lipinski definition) is 4. The Kier molecular flexibility index (Phi) is 4.34. The van der Waals surface area contributed by atoms with Gasteiger partial charge in [-0.15, -0.1) is 11.8 Å². The number of amides is 2. The van der Waals surface area contributed by atoms with Crippen molar-refractivity contribution >= 4 is 29.5 Å². The van der Waals surface area contributed by atoms with Crippen LogP contribution in [0.1, 0.15) is 19.8 Å². The summed E-state index contributed by atoms with van der Waals surface area (Å²) < 4.78 is 0. The van der Waals surface area contributed by atoms with E-state index in [1.54, 1.807) is 4.90 Å². The van der Waals surface area contributed by atoms with E-state index in [4.69, 9.17) is 5.11 Å². The number of carbonyl (C=O) groups is 3. The Morgan fingerprint density at radius 3 is 2.68 bits per heavy atom. The maximum Gasteiger partial charge on any atom is 0.327 e. The van der Waals surface area contributed by atoms with Crippen LogP contribution in [0.25, 0.3) is 0 Å². The molecule has 2 aliphatic rings. The number of likely N-dealkylation sites (tertiary alicyclic amines) is 1. The summed E-state index contributed by atoms with van der Waals surface area (Å²) in [6.45, 7) is 2.61. The van der Waals surface area contributed by atoms with E-state index in [1.807, 2.05) is 0 Å². The number of thioether (sulfide) groups is 1. The second kappa shape index (κ2) is 5.81. The number of carboxylic acid groups (broad SMARTS) is 1. The van der Waals surface area contributed by atoms with Crippen molar-refractivity contribution in [1.82, 2.24) is 9.80 Å². The van der Waals surface area contributed by atoms with Crippen LogP contribution in [0.3, 0.4) is 0 Å². The second-order valence-electron chi connectivity index (χ2n) is 4.97. The molecule has 0 spiro atoms. The van der Waals surface area contributed by atoms with E-state index < -0.39 is 12.0 Å². The molecule has 1 N–H and O–H groups in total. The molecule has 0 bridgehead atoms. The lowest BCUT2D eigenvalue weighted by atomic mass is 9.96. The third-order valence-corrected chi connectivity index (χ3v) is 4.68. The van der Waals surface area contributed by atoms with Gasteiger partial charge in [-0.3, -0.25) is 9.59 Å². The monoisotopic (exact) mass is 286 g/mol. The third kappa shape index (κ3) is 3.02. The quantitative estimate of drug-likeness (QED) is 0.786. The smallest absolute Gasteiger partial charge is 0.327 e. The van der Waals surface area contributed by atoms with Crippen LogP contribution >= 0.6 is 11.8 Å². The zero-order valence-corrected chi connectivity index (χ0v) is 11.7. The van der Waals surface area contributed by atoms with E-state index in [2.05, 4.69) is 0 Å². The van der Waals surface area contributed by atoms with Crippen molar-refractivity contribution in [3.05, 3.63) is 0 Å². The first-order valence-electron chi connectivity index (χ1n) is 6.37. The molecule has 2 aliphatic heterocycles. The van der Waals surface area contributed by atoms with Crippen molar-refractivity contribution in [1.29, 1.82) is 0 Å². The molecule has 2 amide bonds. The van der Waals surface area contributed by atoms with Gasteiger partial charge in [0.1, 0.15) is 6.04 Å². The summed E-state index contributed by atoms with van der Waals surface area (Å²) in [5, 5.41) is 9.10. The molecule has 0 aliphatic carbocycles. The lowest BCUT2D eigenvalue weighted by Crippen LogP contribution is -2.49. The van der Waals surface area contributed by atoms with Crippen molar-refractivity contribution < 1.29 is 19.5 Å². The van der Waals surface area contributed by atoms with Gasteiger partial charge in [0.25, 0.3) is 0 Å². The van der Waals surface area contributed by atoms with Crippen LogP contribution in [-0.2, 0) is 14.4 Å². The largest absolute Gasteiger partial charge is 0.480 e. The molecule has 7 heteroatoms. The average Bonchev–Trinajstić information content (AvgIpc) is 2.87. The summed E-state index contributed by atoms with van der Waals surface area (Å²) in [7, 11) is 0. The third-order valence-electron chi connectivity index (χ3n) is 3.67. The van der Waals surface area contributed by atoms with Gasteiger partial charge >= 0.3 is 5.97 Å². The Balaban J connectivity index is 2.02. The number of aliphatic carboxylic acids is 1. The minimum atomic E-state index is -0.947. The Hall–Kier alpha value is -1.24. The van der Waals surface area contributed by atoms with E-state index in [1.165, 1.54) is 23.6 Å². The molecule has 2 rings (SSSR count). The predicted molar refractivity (Wildman–Crippen MR) is 70.6 cm³/mol. The fourth-order valence-corrected chi connectivity index (χ4v) is 3.72.